The van der Waals surface area contributed by atoms with Crippen LogP contribution in [0.5, 0.6) is 0 Å². The van der Waals surface area contributed by atoms with Gasteiger partial charge >= 0.3 is 0 Å². The highest BCUT2D eigenvalue weighted by molar-refractivity contribution is 7.89. The van der Waals surface area contributed by atoms with Crippen LogP contribution in [0.3, 0.4) is 0 Å². The molecule has 1 heterocycles. The first kappa shape index (κ1) is 12.3. The lowest BCUT2D eigenvalue weighted by Gasteiger charge is -2.14. The van der Waals surface area contributed by atoms with Crippen LogP contribution in [0, 0.1) is 5.92 Å². The van der Waals surface area contributed by atoms with Crippen molar-refractivity contribution in [2.75, 3.05) is 5.73 Å². The fourth-order valence-electron chi connectivity index (χ4n) is 1.86. The number of pyridine rings is 1. The number of nitrogens with two attached hydrogens (primary N) is 1. The number of nitrogens with one attached hydrogen (secondary N) is 1. The summed E-state index contributed by atoms with van der Waals surface area (Å²) < 4.78 is 26.7. The number of anilines is 1. The van der Waals surface area contributed by atoms with Gasteiger partial charge in [-0.05, 0) is 31.4 Å². The predicted molar refractivity (Wildman–Crippen MR) is 65.8 cm³/mol. The van der Waals surface area contributed by atoms with E-state index in [0.29, 0.717) is 5.92 Å². The molecule has 94 valence electrons. The maximum absolute atomic E-state index is 12.0. The van der Waals surface area contributed by atoms with Crippen LogP contribution in [0.15, 0.2) is 23.2 Å². The van der Waals surface area contributed by atoms with Crippen LogP contribution in [0.1, 0.15) is 26.2 Å². The molecule has 1 unspecified atom stereocenters. The zero-order chi connectivity index (χ0) is 12.5. The molecule has 5 nitrogen and oxygen atoms in total. The summed E-state index contributed by atoms with van der Waals surface area (Å²) in [6.45, 7) is 1.88. The normalized spacial score (nSPS) is 17.9. The lowest BCUT2D eigenvalue weighted by atomic mass is 10.2. The average molecular weight is 255 g/mol. The SMILES string of the molecule is CC(CC1CC1)NS(=O)(=O)c1cccnc1N. The summed E-state index contributed by atoms with van der Waals surface area (Å²) in [6.07, 6.45) is 4.78. The molecular weight excluding hydrogens is 238 g/mol. The van der Waals surface area contributed by atoms with Gasteiger partial charge in [-0.1, -0.05) is 12.8 Å². The summed E-state index contributed by atoms with van der Waals surface area (Å²) >= 11 is 0. The molecule has 0 aromatic carbocycles. The van der Waals surface area contributed by atoms with Crippen LogP contribution < -0.4 is 10.5 Å². The van der Waals surface area contributed by atoms with E-state index in [4.69, 9.17) is 5.73 Å². The largest absolute Gasteiger partial charge is 0.383 e. The first-order chi connectivity index (χ1) is 7.99. The molecule has 0 amide bonds. The molecule has 1 aliphatic rings. The second-order valence-electron chi connectivity index (χ2n) is 4.59. The molecule has 1 aliphatic carbocycles. The average Bonchev–Trinajstić information content (AvgIpc) is 3.00. The van der Waals surface area contributed by atoms with Crippen LogP contribution in [-0.4, -0.2) is 19.4 Å². The Labute approximate surface area is 101 Å². The second-order valence-corrected chi connectivity index (χ2v) is 6.27. The van der Waals surface area contributed by atoms with Crippen molar-refractivity contribution in [3.05, 3.63) is 18.3 Å². The Bertz CT molecular complexity index is 497. The van der Waals surface area contributed by atoms with Crippen molar-refractivity contribution in [1.29, 1.82) is 0 Å². The van der Waals surface area contributed by atoms with E-state index in [1.807, 2.05) is 6.92 Å². The molecule has 0 spiro atoms. The Hall–Kier alpha value is -1.14. The summed E-state index contributed by atoms with van der Waals surface area (Å²) in [5, 5.41) is 0. The van der Waals surface area contributed by atoms with Gasteiger partial charge in [-0.15, -0.1) is 0 Å². The molecule has 6 heteroatoms. The molecule has 1 saturated carbocycles. The topological polar surface area (TPSA) is 85.1 Å². The second kappa shape index (κ2) is 4.62. The number of nitrogens with zero attached hydrogens (tertiary/aromatic N) is 1. The quantitative estimate of drug-likeness (QED) is 0.826. The van der Waals surface area contributed by atoms with E-state index >= 15 is 0 Å². The standard InChI is InChI=1S/C11H17N3O2S/c1-8(7-9-4-5-9)14-17(15,16)10-3-2-6-13-11(10)12/h2-3,6,8-9,14H,4-5,7H2,1H3,(H2,12,13). The van der Waals surface area contributed by atoms with Crippen molar-refractivity contribution in [2.45, 2.75) is 37.1 Å². The maximum Gasteiger partial charge on any atom is 0.244 e. The predicted octanol–water partition coefficient (Wildman–Crippen LogP) is 1.13. The fourth-order valence-corrected chi connectivity index (χ4v) is 3.20. The van der Waals surface area contributed by atoms with Crippen LogP contribution in [-0.2, 0) is 10.0 Å². The number of nitrogen functional groups attached to an aromatic ring is 1. The van der Waals surface area contributed by atoms with E-state index in [9.17, 15) is 8.42 Å². The summed E-state index contributed by atoms with van der Waals surface area (Å²) in [6, 6.07) is 2.97. The minimum absolute atomic E-state index is 0.0404. The van der Waals surface area contributed by atoms with Gasteiger partial charge in [-0.25, -0.2) is 18.1 Å². The number of hydrogen-bond acceptors (Lipinski definition) is 4. The van der Waals surface area contributed by atoms with Gasteiger partial charge in [0.1, 0.15) is 10.7 Å². The molecule has 1 atom stereocenters. The smallest absolute Gasteiger partial charge is 0.244 e. The summed E-state index contributed by atoms with van der Waals surface area (Å²) in [7, 11) is -3.55. The molecule has 1 fully saturated rings. The van der Waals surface area contributed by atoms with Gasteiger partial charge < -0.3 is 5.73 Å². The molecular formula is C11H17N3O2S. The van der Waals surface area contributed by atoms with Crippen LogP contribution in [0.25, 0.3) is 0 Å². The first-order valence-corrected chi connectivity index (χ1v) is 7.20. The van der Waals surface area contributed by atoms with E-state index in [-0.39, 0.29) is 16.8 Å². The van der Waals surface area contributed by atoms with Gasteiger partial charge in [-0.2, -0.15) is 0 Å². The summed E-state index contributed by atoms with van der Waals surface area (Å²) in [5.74, 6) is 0.720. The van der Waals surface area contributed by atoms with Gasteiger partial charge in [0.15, 0.2) is 0 Å². The van der Waals surface area contributed by atoms with Crippen LogP contribution in [0.2, 0.25) is 0 Å². The summed E-state index contributed by atoms with van der Waals surface area (Å²) in [4.78, 5) is 3.84. The fraction of sp³-hybridized carbons (Fsp3) is 0.545. The van der Waals surface area contributed by atoms with Crippen molar-refractivity contribution in [1.82, 2.24) is 9.71 Å². The Morgan fingerprint density at radius 3 is 2.88 bits per heavy atom. The van der Waals surface area contributed by atoms with Crippen molar-refractivity contribution >= 4 is 15.8 Å². The third kappa shape index (κ3) is 3.17. The van der Waals surface area contributed by atoms with E-state index in [1.165, 1.54) is 25.1 Å². The van der Waals surface area contributed by atoms with Gasteiger partial charge in [0.05, 0.1) is 0 Å². The lowest BCUT2D eigenvalue weighted by Crippen LogP contribution is -2.33. The van der Waals surface area contributed by atoms with Crippen LogP contribution >= 0.6 is 0 Å². The van der Waals surface area contributed by atoms with Gasteiger partial charge in [0, 0.05) is 12.2 Å². The first-order valence-electron chi connectivity index (χ1n) is 5.72. The molecule has 2 rings (SSSR count). The zero-order valence-electron chi connectivity index (χ0n) is 9.76. The Kier molecular flexibility index (Phi) is 3.35. The van der Waals surface area contributed by atoms with Crippen molar-refractivity contribution in [2.24, 2.45) is 5.92 Å². The maximum atomic E-state index is 12.0. The number of rotatable bonds is 5. The monoisotopic (exact) mass is 255 g/mol. The lowest BCUT2D eigenvalue weighted by molar-refractivity contribution is 0.530. The molecule has 0 aliphatic heterocycles. The Morgan fingerprint density at radius 2 is 2.29 bits per heavy atom. The van der Waals surface area contributed by atoms with E-state index < -0.39 is 10.0 Å². The highest BCUT2D eigenvalue weighted by Crippen LogP contribution is 2.33. The molecule has 0 saturated heterocycles. The van der Waals surface area contributed by atoms with Crippen molar-refractivity contribution in [3.63, 3.8) is 0 Å². The molecule has 17 heavy (non-hydrogen) atoms. The number of sulfonamides is 1. The van der Waals surface area contributed by atoms with E-state index in [0.717, 1.165) is 6.42 Å². The van der Waals surface area contributed by atoms with Gasteiger partial charge in [0.25, 0.3) is 0 Å². The number of aromatic nitrogens is 1. The number of hydrogen-bond donors (Lipinski definition) is 2. The molecule has 0 bridgehead atoms. The van der Waals surface area contributed by atoms with Crippen molar-refractivity contribution in [3.8, 4) is 0 Å². The van der Waals surface area contributed by atoms with Gasteiger partial charge in [-0.3, -0.25) is 0 Å². The molecule has 1 aromatic rings. The minimum atomic E-state index is -3.55. The molecule has 3 N–H and O–H groups in total. The highest BCUT2D eigenvalue weighted by atomic mass is 32.2. The zero-order valence-corrected chi connectivity index (χ0v) is 10.6. The molecule has 0 radical (unpaired) electrons. The third-order valence-electron chi connectivity index (χ3n) is 2.83. The Balaban J connectivity index is 2.10. The molecule has 1 aromatic heterocycles. The minimum Gasteiger partial charge on any atom is -0.383 e. The van der Waals surface area contributed by atoms with E-state index in [1.54, 1.807) is 6.07 Å². The highest BCUT2D eigenvalue weighted by Gasteiger charge is 2.27. The van der Waals surface area contributed by atoms with Crippen LogP contribution in [0.4, 0.5) is 5.82 Å². The van der Waals surface area contributed by atoms with Gasteiger partial charge in [0.2, 0.25) is 10.0 Å². The third-order valence-corrected chi connectivity index (χ3v) is 4.47. The Morgan fingerprint density at radius 1 is 1.59 bits per heavy atom. The summed E-state index contributed by atoms with van der Waals surface area (Å²) in [5.41, 5.74) is 5.57. The van der Waals surface area contributed by atoms with Crippen molar-refractivity contribution < 1.29 is 8.42 Å². The van der Waals surface area contributed by atoms with E-state index in [2.05, 4.69) is 9.71 Å².